The first kappa shape index (κ1) is 19.9. The van der Waals surface area contributed by atoms with Crippen LogP contribution in [0.2, 0.25) is 0 Å². The Labute approximate surface area is 169 Å². The third-order valence-electron chi connectivity index (χ3n) is 4.91. The summed E-state index contributed by atoms with van der Waals surface area (Å²) < 4.78 is 53.7. The van der Waals surface area contributed by atoms with Crippen LogP contribution in [0.15, 0.2) is 60.8 Å². The zero-order valence-electron chi connectivity index (χ0n) is 15.6. The number of pyridine rings is 1. The van der Waals surface area contributed by atoms with E-state index in [0.29, 0.717) is 19.5 Å². The summed E-state index contributed by atoms with van der Waals surface area (Å²) in [6.45, 7) is 0.814. The van der Waals surface area contributed by atoms with E-state index in [2.05, 4.69) is 9.72 Å². The van der Waals surface area contributed by atoms with Crippen molar-refractivity contribution in [1.82, 2.24) is 9.88 Å². The summed E-state index contributed by atoms with van der Waals surface area (Å²) in [5.41, 5.74) is 4.15. The molecule has 0 unspecified atom stereocenters. The number of carbonyl (C=O) groups is 1. The zero-order chi connectivity index (χ0) is 21.3. The van der Waals surface area contributed by atoms with E-state index in [9.17, 15) is 22.4 Å². The molecule has 0 aliphatic carbocycles. The zero-order valence-corrected chi connectivity index (χ0v) is 15.6. The van der Waals surface area contributed by atoms with Gasteiger partial charge in [-0.15, -0.1) is 13.2 Å². The van der Waals surface area contributed by atoms with Crippen molar-refractivity contribution < 1.29 is 27.1 Å². The Bertz CT molecular complexity index is 1060. The smallest absolute Gasteiger partial charge is 0.388 e. The van der Waals surface area contributed by atoms with Gasteiger partial charge >= 0.3 is 6.36 Å². The highest BCUT2D eigenvalue weighted by molar-refractivity contribution is 5.94. The number of benzene rings is 2. The number of ether oxygens (including phenoxy) is 1. The van der Waals surface area contributed by atoms with E-state index >= 15 is 0 Å². The molecule has 154 valence electrons. The van der Waals surface area contributed by atoms with Crippen molar-refractivity contribution in [3.05, 3.63) is 83.3 Å². The van der Waals surface area contributed by atoms with Crippen LogP contribution in [0.4, 0.5) is 17.6 Å². The van der Waals surface area contributed by atoms with Crippen molar-refractivity contribution >= 4 is 5.91 Å². The number of alkyl halides is 3. The number of amides is 1. The minimum Gasteiger partial charge on any atom is -0.388 e. The molecule has 2 heterocycles. The molecule has 1 aliphatic rings. The van der Waals surface area contributed by atoms with Crippen LogP contribution in [-0.4, -0.2) is 28.7 Å². The Kier molecular flexibility index (Phi) is 5.15. The van der Waals surface area contributed by atoms with E-state index in [4.69, 9.17) is 0 Å². The number of nitrogens with zero attached hydrogens (tertiary/aromatic N) is 2. The summed E-state index contributed by atoms with van der Waals surface area (Å²) >= 11 is 0. The number of halogens is 4. The lowest BCUT2D eigenvalue weighted by atomic mass is 9.90. The first-order valence-corrected chi connectivity index (χ1v) is 9.18. The average Bonchev–Trinajstić information content (AvgIpc) is 2.72. The fourth-order valence-electron chi connectivity index (χ4n) is 3.55. The molecule has 1 aromatic heterocycles. The Morgan fingerprint density at radius 2 is 1.80 bits per heavy atom. The van der Waals surface area contributed by atoms with Gasteiger partial charge in [0.2, 0.25) is 5.88 Å². The maximum Gasteiger partial charge on any atom is 0.574 e. The Morgan fingerprint density at radius 1 is 1.03 bits per heavy atom. The van der Waals surface area contributed by atoms with Gasteiger partial charge in [-0.05, 0) is 46.9 Å². The quantitative estimate of drug-likeness (QED) is 0.566. The molecule has 0 atom stereocenters. The highest BCUT2D eigenvalue weighted by atomic mass is 19.4. The van der Waals surface area contributed by atoms with Gasteiger partial charge in [0.25, 0.3) is 5.91 Å². The molecular formula is C22H16F4N2O2. The summed E-state index contributed by atoms with van der Waals surface area (Å²) in [7, 11) is 0. The lowest BCUT2D eigenvalue weighted by molar-refractivity contribution is -0.276. The van der Waals surface area contributed by atoms with Crippen LogP contribution in [0.25, 0.3) is 11.1 Å². The van der Waals surface area contributed by atoms with Gasteiger partial charge in [0, 0.05) is 25.4 Å². The normalized spacial score (nSPS) is 13.7. The van der Waals surface area contributed by atoms with Crippen LogP contribution in [0.1, 0.15) is 21.5 Å². The van der Waals surface area contributed by atoms with Crippen molar-refractivity contribution in [3.63, 3.8) is 0 Å². The monoisotopic (exact) mass is 416 g/mol. The summed E-state index contributed by atoms with van der Waals surface area (Å²) in [5, 5.41) is 0. The molecule has 30 heavy (non-hydrogen) atoms. The number of rotatable bonds is 3. The van der Waals surface area contributed by atoms with E-state index in [1.807, 2.05) is 18.2 Å². The second kappa shape index (κ2) is 7.78. The number of hydrogen-bond acceptors (Lipinski definition) is 3. The Balaban J connectivity index is 1.52. The van der Waals surface area contributed by atoms with Gasteiger partial charge in [-0.2, -0.15) is 0 Å². The van der Waals surface area contributed by atoms with Crippen LogP contribution in [0.5, 0.6) is 5.88 Å². The van der Waals surface area contributed by atoms with Crippen LogP contribution in [0, 0.1) is 5.82 Å². The summed E-state index contributed by atoms with van der Waals surface area (Å²) in [6.07, 6.45) is -3.15. The second-order valence-corrected chi connectivity index (χ2v) is 6.86. The highest BCUT2D eigenvalue weighted by Gasteiger charge is 2.32. The summed E-state index contributed by atoms with van der Waals surface area (Å²) in [5.74, 6) is -1.24. The summed E-state index contributed by atoms with van der Waals surface area (Å²) in [6, 6.07) is 14.3. The predicted molar refractivity (Wildman–Crippen MR) is 101 cm³/mol. The summed E-state index contributed by atoms with van der Waals surface area (Å²) in [4.78, 5) is 18.0. The average molecular weight is 416 g/mol. The Morgan fingerprint density at radius 3 is 2.47 bits per heavy atom. The van der Waals surface area contributed by atoms with Crippen molar-refractivity contribution in [2.24, 2.45) is 0 Å². The minimum absolute atomic E-state index is 0.183. The van der Waals surface area contributed by atoms with Crippen molar-refractivity contribution in [1.29, 1.82) is 0 Å². The molecule has 0 fully saturated rings. The highest BCUT2D eigenvalue weighted by Crippen LogP contribution is 2.31. The topological polar surface area (TPSA) is 42.4 Å². The molecular weight excluding hydrogens is 400 g/mol. The molecule has 4 nitrogen and oxygen atoms in total. The number of carbonyl (C=O) groups excluding carboxylic acids is 1. The molecule has 0 N–H and O–H groups in total. The standard InChI is InChI=1S/C22H16F4N2O2/c23-17-7-4-14(5-8-17)18-3-1-2-16-13-28(11-10-19(16)18)21(29)15-6-9-20(27-12-15)30-22(24,25)26/h1-9,12H,10-11,13H2. The van der Waals surface area contributed by atoms with Gasteiger partial charge in [-0.25, -0.2) is 9.37 Å². The van der Waals surface area contributed by atoms with Gasteiger partial charge in [0.05, 0.1) is 5.56 Å². The Hall–Kier alpha value is -3.42. The molecule has 3 aromatic rings. The van der Waals surface area contributed by atoms with E-state index < -0.39 is 12.2 Å². The van der Waals surface area contributed by atoms with Crippen LogP contribution in [0.3, 0.4) is 0 Å². The van der Waals surface area contributed by atoms with Gasteiger partial charge in [-0.1, -0.05) is 30.3 Å². The lowest BCUT2D eigenvalue weighted by Gasteiger charge is -2.30. The second-order valence-electron chi connectivity index (χ2n) is 6.86. The molecule has 1 aliphatic heterocycles. The first-order valence-electron chi connectivity index (χ1n) is 9.18. The van der Waals surface area contributed by atoms with E-state index in [-0.39, 0.29) is 17.3 Å². The molecule has 0 spiro atoms. The molecule has 0 radical (unpaired) electrons. The van der Waals surface area contributed by atoms with Crippen LogP contribution < -0.4 is 4.74 Å². The minimum atomic E-state index is -4.84. The largest absolute Gasteiger partial charge is 0.574 e. The van der Waals surface area contributed by atoms with Gasteiger partial charge in [0.15, 0.2) is 0 Å². The molecule has 4 rings (SSSR count). The molecule has 0 saturated heterocycles. The number of fused-ring (bicyclic) bond motifs is 1. The third-order valence-corrected chi connectivity index (χ3v) is 4.91. The van der Waals surface area contributed by atoms with Crippen LogP contribution >= 0.6 is 0 Å². The van der Waals surface area contributed by atoms with Gasteiger partial charge in [-0.3, -0.25) is 4.79 Å². The SMILES string of the molecule is O=C(c1ccc(OC(F)(F)F)nc1)N1CCc2c(cccc2-c2ccc(F)cc2)C1. The van der Waals surface area contributed by atoms with Crippen molar-refractivity contribution in [2.75, 3.05) is 6.54 Å². The molecule has 2 aromatic carbocycles. The van der Waals surface area contributed by atoms with E-state index in [1.54, 1.807) is 17.0 Å². The molecule has 1 amide bonds. The molecule has 0 saturated carbocycles. The fraction of sp³-hybridized carbons (Fsp3) is 0.182. The predicted octanol–water partition coefficient (Wildman–Crippen LogP) is 4.98. The van der Waals surface area contributed by atoms with E-state index in [0.717, 1.165) is 34.5 Å². The maximum atomic E-state index is 13.2. The number of aromatic nitrogens is 1. The lowest BCUT2D eigenvalue weighted by Crippen LogP contribution is -2.36. The third kappa shape index (κ3) is 4.27. The number of hydrogen-bond donors (Lipinski definition) is 0. The van der Waals surface area contributed by atoms with Crippen LogP contribution in [-0.2, 0) is 13.0 Å². The molecule has 8 heteroatoms. The van der Waals surface area contributed by atoms with Crippen molar-refractivity contribution in [2.45, 2.75) is 19.3 Å². The fourth-order valence-corrected chi connectivity index (χ4v) is 3.55. The van der Waals surface area contributed by atoms with Gasteiger partial charge < -0.3 is 9.64 Å². The van der Waals surface area contributed by atoms with E-state index in [1.165, 1.54) is 18.2 Å². The van der Waals surface area contributed by atoms with Gasteiger partial charge in [0.1, 0.15) is 5.82 Å². The molecule has 0 bridgehead atoms. The maximum absolute atomic E-state index is 13.2. The first-order chi connectivity index (χ1) is 14.3. The van der Waals surface area contributed by atoms with Crippen molar-refractivity contribution in [3.8, 4) is 17.0 Å².